The second-order valence-corrected chi connectivity index (χ2v) is 4.56. The number of thiocarbonyl (C=S) groups is 1. The molecule has 9 heteroatoms. The molecule has 0 aromatic heterocycles. The molecule has 1 atom stereocenters. The van der Waals surface area contributed by atoms with E-state index in [1.165, 1.54) is 32.4 Å². The molecule has 0 spiro atoms. The second kappa shape index (κ2) is 8.78. The van der Waals surface area contributed by atoms with Gasteiger partial charge in [-0.3, -0.25) is 19.5 Å². The number of ether oxygens (including phenoxy) is 3. The minimum atomic E-state index is -1.01. The zero-order chi connectivity index (χ0) is 15.8. The van der Waals surface area contributed by atoms with Gasteiger partial charge in [-0.2, -0.15) is 0 Å². The van der Waals surface area contributed by atoms with Crippen LogP contribution in [-0.4, -0.2) is 75.4 Å². The first-order valence-corrected chi connectivity index (χ1v) is 6.66. The highest BCUT2D eigenvalue weighted by Gasteiger charge is 2.37. The van der Waals surface area contributed by atoms with Gasteiger partial charge in [0.1, 0.15) is 0 Å². The monoisotopic (exact) mass is 317 g/mol. The van der Waals surface area contributed by atoms with Crippen LogP contribution in [0.4, 0.5) is 0 Å². The molecule has 1 aliphatic rings. The number of methoxy groups -OCH3 is 3. The highest BCUT2D eigenvalue weighted by atomic mass is 32.1. The van der Waals surface area contributed by atoms with E-state index in [-0.39, 0.29) is 18.2 Å². The van der Waals surface area contributed by atoms with Gasteiger partial charge in [-0.1, -0.05) is 0 Å². The molecular formula is C12H19N3O5S. The van der Waals surface area contributed by atoms with Crippen molar-refractivity contribution < 1.29 is 23.8 Å². The van der Waals surface area contributed by atoms with Gasteiger partial charge in [-0.05, 0) is 12.2 Å². The standard InChI is InChI=1S/C12H19N3O5S/c1-18-5-4-15-11(17)8(10(16)14-12(15)21)6-13-7-9(19-2)20-3/h6,8-9H,4-5,7H2,1-3H3,(H,14,16,21)/t8-/m0/s1. The summed E-state index contributed by atoms with van der Waals surface area (Å²) in [4.78, 5) is 29.4. The molecule has 0 aromatic carbocycles. The molecule has 118 valence electrons. The highest BCUT2D eigenvalue weighted by molar-refractivity contribution is 7.80. The van der Waals surface area contributed by atoms with E-state index in [0.717, 1.165) is 0 Å². The SMILES string of the molecule is COCCN1C(=O)[C@@H](C=NCC(OC)OC)C(=O)NC1=S. The van der Waals surface area contributed by atoms with Gasteiger partial charge in [0.25, 0.3) is 0 Å². The van der Waals surface area contributed by atoms with Gasteiger partial charge in [0.05, 0.1) is 19.7 Å². The zero-order valence-electron chi connectivity index (χ0n) is 12.2. The lowest BCUT2D eigenvalue weighted by Crippen LogP contribution is -2.58. The highest BCUT2D eigenvalue weighted by Crippen LogP contribution is 2.09. The fourth-order valence-electron chi connectivity index (χ4n) is 1.65. The van der Waals surface area contributed by atoms with Crippen LogP contribution in [0.3, 0.4) is 0 Å². The number of hydrogen-bond acceptors (Lipinski definition) is 7. The number of amides is 2. The Morgan fingerprint density at radius 3 is 2.62 bits per heavy atom. The van der Waals surface area contributed by atoms with E-state index in [1.54, 1.807) is 0 Å². The molecule has 1 N–H and O–H groups in total. The first kappa shape index (κ1) is 17.6. The third-order valence-corrected chi connectivity index (χ3v) is 3.17. The summed E-state index contributed by atoms with van der Waals surface area (Å²) in [6, 6.07) is 0. The first-order valence-electron chi connectivity index (χ1n) is 6.25. The Morgan fingerprint density at radius 1 is 1.38 bits per heavy atom. The average Bonchev–Trinajstić information content (AvgIpc) is 2.46. The molecule has 1 saturated heterocycles. The number of nitrogens with one attached hydrogen (secondary N) is 1. The fraction of sp³-hybridized carbons (Fsp3) is 0.667. The van der Waals surface area contributed by atoms with E-state index in [1.807, 2.05) is 0 Å². The molecule has 1 aliphatic heterocycles. The van der Waals surface area contributed by atoms with E-state index in [4.69, 9.17) is 26.4 Å². The molecule has 21 heavy (non-hydrogen) atoms. The summed E-state index contributed by atoms with van der Waals surface area (Å²) in [5, 5.41) is 2.55. The van der Waals surface area contributed by atoms with Crippen LogP contribution in [0.1, 0.15) is 0 Å². The van der Waals surface area contributed by atoms with E-state index < -0.39 is 24.0 Å². The lowest BCUT2D eigenvalue weighted by molar-refractivity contribution is -0.138. The van der Waals surface area contributed by atoms with Gasteiger partial charge in [-0.25, -0.2) is 0 Å². The predicted molar refractivity (Wildman–Crippen MR) is 79.0 cm³/mol. The number of carbonyl (C=O) groups is 2. The Bertz CT molecular complexity index is 425. The maximum atomic E-state index is 12.2. The summed E-state index contributed by atoms with van der Waals surface area (Å²) in [6.45, 7) is 0.783. The van der Waals surface area contributed by atoms with E-state index in [2.05, 4.69) is 10.3 Å². The summed E-state index contributed by atoms with van der Waals surface area (Å²) in [5.41, 5.74) is 0. The molecule has 8 nitrogen and oxygen atoms in total. The quantitative estimate of drug-likeness (QED) is 0.272. The van der Waals surface area contributed by atoms with Gasteiger partial charge in [-0.15, -0.1) is 0 Å². The molecule has 0 unspecified atom stereocenters. The van der Waals surface area contributed by atoms with Gasteiger partial charge in [0, 0.05) is 27.5 Å². The summed E-state index contributed by atoms with van der Waals surface area (Å²) < 4.78 is 14.8. The Morgan fingerprint density at radius 2 is 2.05 bits per heavy atom. The van der Waals surface area contributed by atoms with Crippen LogP contribution in [0.5, 0.6) is 0 Å². The van der Waals surface area contributed by atoms with Crippen LogP contribution in [0.25, 0.3) is 0 Å². The zero-order valence-corrected chi connectivity index (χ0v) is 13.0. The normalized spacial score (nSPS) is 19.7. The van der Waals surface area contributed by atoms with Gasteiger partial charge in [0.15, 0.2) is 17.3 Å². The minimum absolute atomic E-state index is 0.0818. The summed E-state index contributed by atoms with van der Waals surface area (Å²) in [5.74, 6) is -1.92. The van der Waals surface area contributed by atoms with Crippen molar-refractivity contribution in [3.63, 3.8) is 0 Å². The van der Waals surface area contributed by atoms with Crippen LogP contribution >= 0.6 is 12.2 Å². The molecular weight excluding hydrogens is 298 g/mol. The first-order chi connectivity index (χ1) is 10.0. The lowest BCUT2D eigenvalue weighted by atomic mass is 10.1. The molecule has 0 aliphatic carbocycles. The topological polar surface area (TPSA) is 89.5 Å². The average molecular weight is 317 g/mol. The van der Waals surface area contributed by atoms with Crippen molar-refractivity contribution in [3.8, 4) is 0 Å². The van der Waals surface area contributed by atoms with Crippen LogP contribution < -0.4 is 5.32 Å². The van der Waals surface area contributed by atoms with Crippen molar-refractivity contribution in [1.82, 2.24) is 10.2 Å². The van der Waals surface area contributed by atoms with Crippen LogP contribution in [0.2, 0.25) is 0 Å². The molecule has 1 fully saturated rings. The van der Waals surface area contributed by atoms with Crippen molar-refractivity contribution in [2.24, 2.45) is 10.9 Å². The van der Waals surface area contributed by atoms with Crippen molar-refractivity contribution in [3.05, 3.63) is 0 Å². The number of aliphatic imine (C=N–C) groups is 1. The molecule has 2 amide bonds. The van der Waals surface area contributed by atoms with E-state index in [9.17, 15) is 9.59 Å². The maximum Gasteiger partial charge on any atom is 0.246 e. The Balaban J connectivity index is 2.71. The van der Waals surface area contributed by atoms with Crippen molar-refractivity contribution in [2.45, 2.75) is 6.29 Å². The molecule has 1 heterocycles. The molecule has 0 bridgehead atoms. The van der Waals surface area contributed by atoms with Gasteiger partial charge in [0.2, 0.25) is 11.8 Å². The number of nitrogens with zero attached hydrogens (tertiary/aromatic N) is 2. The van der Waals surface area contributed by atoms with Crippen molar-refractivity contribution >= 4 is 35.4 Å². The Hall–Kier alpha value is -1.42. The van der Waals surface area contributed by atoms with E-state index >= 15 is 0 Å². The van der Waals surface area contributed by atoms with Gasteiger partial charge < -0.3 is 19.5 Å². The predicted octanol–water partition coefficient (Wildman–Crippen LogP) is -0.818. The van der Waals surface area contributed by atoms with Gasteiger partial charge >= 0.3 is 0 Å². The molecule has 0 aromatic rings. The second-order valence-electron chi connectivity index (χ2n) is 4.17. The summed E-state index contributed by atoms with van der Waals surface area (Å²) >= 11 is 4.97. The lowest BCUT2D eigenvalue weighted by Gasteiger charge is -2.30. The minimum Gasteiger partial charge on any atom is -0.383 e. The third kappa shape index (κ3) is 4.81. The summed E-state index contributed by atoms with van der Waals surface area (Å²) in [6.07, 6.45) is 0.762. The summed E-state index contributed by atoms with van der Waals surface area (Å²) in [7, 11) is 4.48. The largest absolute Gasteiger partial charge is 0.383 e. The van der Waals surface area contributed by atoms with Crippen LogP contribution in [-0.2, 0) is 23.8 Å². The molecule has 1 rings (SSSR count). The Kier molecular flexibility index (Phi) is 7.37. The Labute approximate surface area is 128 Å². The van der Waals surface area contributed by atoms with Crippen LogP contribution in [0.15, 0.2) is 4.99 Å². The van der Waals surface area contributed by atoms with E-state index in [0.29, 0.717) is 6.61 Å². The van der Waals surface area contributed by atoms with Crippen molar-refractivity contribution in [1.29, 1.82) is 0 Å². The maximum absolute atomic E-state index is 12.2. The third-order valence-electron chi connectivity index (χ3n) is 2.84. The molecule has 0 radical (unpaired) electrons. The number of rotatable bonds is 8. The van der Waals surface area contributed by atoms with Crippen LogP contribution in [0, 0.1) is 5.92 Å². The number of carbonyl (C=O) groups excluding carboxylic acids is 2. The number of hydrogen-bond donors (Lipinski definition) is 1. The van der Waals surface area contributed by atoms with Crippen molar-refractivity contribution in [2.75, 3.05) is 41.0 Å². The molecule has 0 saturated carbocycles. The smallest absolute Gasteiger partial charge is 0.246 e. The fourth-order valence-corrected chi connectivity index (χ4v) is 1.94.